The topological polar surface area (TPSA) is 60.5 Å². The van der Waals surface area contributed by atoms with Crippen molar-refractivity contribution in [3.8, 4) is 11.5 Å². The molecule has 0 aliphatic heterocycles. The summed E-state index contributed by atoms with van der Waals surface area (Å²) in [4.78, 5) is 16.0. The number of pyridine rings is 1. The Morgan fingerprint density at radius 2 is 1.90 bits per heavy atom. The highest BCUT2D eigenvalue weighted by Gasteiger charge is 2.09. The Morgan fingerprint density at radius 3 is 2.55 bits per heavy atom. The fourth-order valence-electron chi connectivity index (χ4n) is 1.75. The molecule has 1 heterocycles. The lowest BCUT2D eigenvalue weighted by atomic mass is 10.1. The van der Waals surface area contributed by atoms with E-state index in [1.54, 1.807) is 25.4 Å². The molecule has 5 heteroatoms. The molecule has 0 aliphatic rings. The largest absolute Gasteiger partial charge is 0.497 e. The Balaban J connectivity index is 2.01. The third kappa shape index (κ3) is 3.47. The molecular formula is C15H16N2O3. The molecule has 5 nitrogen and oxygen atoms in total. The zero-order valence-corrected chi connectivity index (χ0v) is 11.4. The van der Waals surface area contributed by atoms with E-state index in [0.717, 1.165) is 11.3 Å². The molecule has 0 aliphatic carbocycles. The van der Waals surface area contributed by atoms with Crippen LogP contribution in [0.15, 0.2) is 42.6 Å². The maximum Gasteiger partial charge on any atom is 0.230 e. The first-order valence-electron chi connectivity index (χ1n) is 6.14. The van der Waals surface area contributed by atoms with Gasteiger partial charge in [0.15, 0.2) is 11.6 Å². The summed E-state index contributed by atoms with van der Waals surface area (Å²) < 4.78 is 10.2. The van der Waals surface area contributed by atoms with E-state index < -0.39 is 0 Å². The quantitative estimate of drug-likeness (QED) is 0.907. The van der Waals surface area contributed by atoms with Crippen LogP contribution in [-0.2, 0) is 11.2 Å². The van der Waals surface area contributed by atoms with Gasteiger partial charge < -0.3 is 14.8 Å². The Kier molecular flexibility index (Phi) is 4.55. The van der Waals surface area contributed by atoms with E-state index in [1.807, 2.05) is 24.3 Å². The molecule has 1 aromatic carbocycles. The van der Waals surface area contributed by atoms with Crippen molar-refractivity contribution in [2.24, 2.45) is 0 Å². The zero-order chi connectivity index (χ0) is 14.4. The Labute approximate surface area is 117 Å². The van der Waals surface area contributed by atoms with Crippen molar-refractivity contribution in [2.45, 2.75) is 6.42 Å². The van der Waals surface area contributed by atoms with Crippen LogP contribution in [0.1, 0.15) is 5.56 Å². The summed E-state index contributed by atoms with van der Waals surface area (Å²) in [5.41, 5.74) is 0.901. The molecule has 1 N–H and O–H groups in total. The highest BCUT2D eigenvalue weighted by molar-refractivity contribution is 5.92. The van der Waals surface area contributed by atoms with Gasteiger partial charge >= 0.3 is 0 Å². The Morgan fingerprint density at radius 1 is 1.15 bits per heavy atom. The molecule has 0 saturated heterocycles. The van der Waals surface area contributed by atoms with Crippen LogP contribution in [0.25, 0.3) is 0 Å². The van der Waals surface area contributed by atoms with Crippen LogP contribution in [0.3, 0.4) is 0 Å². The van der Waals surface area contributed by atoms with E-state index >= 15 is 0 Å². The Hall–Kier alpha value is -2.56. The molecule has 0 bridgehead atoms. The van der Waals surface area contributed by atoms with Crippen LogP contribution in [0, 0.1) is 0 Å². The molecule has 0 radical (unpaired) electrons. The Bertz CT molecular complexity index is 582. The van der Waals surface area contributed by atoms with Gasteiger partial charge in [-0.15, -0.1) is 0 Å². The van der Waals surface area contributed by atoms with Crippen molar-refractivity contribution < 1.29 is 14.3 Å². The predicted octanol–water partition coefficient (Wildman–Crippen LogP) is 2.28. The monoisotopic (exact) mass is 272 g/mol. The highest BCUT2D eigenvalue weighted by atomic mass is 16.5. The number of anilines is 1. The maximum absolute atomic E-state index is 12.0. The number of nitrogens with zero attached hydrogens (tertiary/aromatic N) is 1. The first-order valence-corrected chi connectivity index (χ1v) is 6.14. The van der Waals surface area contributed by atoms with E-state index in [2.05, 4.69) is 10.3 Å². The lowest BCUT2D eigenvalue weighted by molar-refractivity contribution is -0.115. The van der Waals surface area contributed by atoms with Crippen molar-refractivity contribution in [3.05, 3.63) is 48.2 Å². The van der Waals surface area contributed by atoms with Crippen molar-refractivity contribution >= 4 is 11.7 Å². The normalized spacial score (nSPS) is 9.90. The number of benzene rings is 1. The summed E-state index contributed by atoms with van der Waals surface area (Å²) in [7, 11) is 3.14. The SMILES string of the molecule is COc1ccc(CC(=O)Nc2ncccc2OC)cc1. The molecule has 0 fully saturated rings. The molecule has 0 saturated carbocycles. The lowest BCUT2D eigenvalue weighted by Gasteiger charge is -2.08. The third-order valence-corrected chi connectivity index (χ3v) is 2.77. The second kappa shape index (κ2) is 6.56. The lowest BCUT2D eigenvalue weighted by Crippen LogP contribution is -2.15. The minimum atomic E-state index is -0.146. The smallest absolute Gasteiger partial charge is 0.230 e. The highest BCUT2D eigenvalue weighted by Crippen LogP contribution is 2.20. The van der Waals surface area contributed by atoms with Gasteiger partial charge in [0.25, 0.3) is 0 Å². The number of methoxy groups -OCH3 is 2. The van der Waals surface area contributed by atoms with Crippen LogP contribution in [0.4, 0.5) is 5.82 Å². The molecular weight excluding hydrogens is 256 g/mol. The van der Waals surface area contributed by atoms with Gasteiger partial charge in [-0.05, 0) is 29.8 Å². The second-order valence-corrected chi connectivity index (χ2v) is 4.13. The van der Waals surface area contributed by atoms with Gasteiger partial charge in [-0.1, -0.05) is 12.1 Å². The van der Waals surface area contributed by atoms with E-state index in [4.69, 9.17) is 9.47 Å². The molecule has 0 spiro atoms. The van der Waals surface area contributed by atoms with Gasteiger partial charge in [-0.2, -0.15) is 0 Å². The molecule has 20 heavy (non-hydrogen) atoms. The summed E-state index contributed by atoms with van der Waals surface area (Å²) >= 11 is 0. The van der Waals surface area contributed by atoms with Gasteiger partial charge in [0.1, 0.15) is 5.75 Å². The number of amides is 1. The van der Waals surface area contributed by atoms with Gasteiger partial charge in [0, 0.05) is 6.20 Å². The van der Waals surface area contributed by atoms with E-state index in [9.17, 15) is 4.79 Å². The summed E-state index contributed by atoms with van der Waals surface area (Å²) in [6, 6.07) is 10.9. The minimum Gasteiger partial charge on any atom is -0.497 e. The molecule has 1 amide bonds. The number of carbonyl (C=O) groups excluding carboxylic acids is 1. The first kappa shape index (κ1) is 13.9. The molecule has 2 rings (SSSR count). The van der Waals surface area contributed by atoms with Crippen LogP contribution < -0.4 is 14.8 Å². The number of aromatic nitrogens is 1. The summed E-state index contributed by atoms with van der Waals surface area (Å²) in [5, 5.41) is 2.73. The van der Waals surface area contributed by atoms with Crippen LogP contribution in [0.2, 0.25) is 0 Å². The number of hydrogen-bond donors (Lipinski definition) is 1. The molecule has 104 valence electrons. The second-order valence-electron chi connectivity index (χ2n) is 4.13. The molecule has 0 unspecified atom stereocenters. The number of nitrogens with one attached hydrogen (secondary N) is 1. The van der Waals surface area contributed by atoms with Gasteiger partial charge in [-0.25, -0.2) is 4.98 Å². The van der Waals surface area contributed by atoms with Gasteiger partial charge in [0.2, 0.25) is 5.91 Å². The summed E-state index contributed by atoms with van der Waals surface area (Å²) in [6.45, 7) is 0. The number of ether oxygens (including phenoxy) is 2. The van der Waals surface area contributed by atoms with Crippen molar-refractivity contribution in [3.63, 3.8) is 0 Å². The summed E-state index contributed by atoms with van der Waals surface area (Å²) in [6.07, 6.45) is 1.87. The number of carbonyl (C=O) groups is 1. The van der Waals surface area contributed by atoms with Crippen LogP contribution in [-0.4, -0.2) is 25.1 Å². The van der Waals surface area contributed by atoms with Crippen molar-refractivity contribution in [1.82, 2.24) is 4.98 Å². The average molecular weight is 272 g/mol. The van der Waals surface area contributed by atoms with Gasteiger partial charge in [0.05, 0.1) is 20.6 Å². The molecule has 1 aromatic heterocycles. The minimum absolute atomic E-state index is 0.146. The van der Waals surface area contributed by atoms with Crippen LogP contribution >= 0.6 is 0 Å². The fourth-order valence-corrected chi connectivity index (χ4v) is 1.75. The van der Waals surface area contributed by atoms with E-state index in [-0.39, 0.29) is 12.3 Å². The van der Waals surface area contributed by atoms with Crippen molar-refractivity contribution in [1.29, 1.82) is 0 Å². The van der Waals surface area contributed by atoms with E-state index in [1.165, 1.54) is 7.11 Å². The maximum atomic E-state index is 12.0. The first-order chi connectivity index (χ1) is 9.72. The zero-order valence-electron chi connectivity index (χ0n) is 11.4. The summed E-state index contributed by atoms with van der Waals surface area (Å²) in [5.74, 6) is 1.58. The molecule has 2 aromatic rings. The number of hydrogen-bond acceptors (Lipinski definition) is 4. The third-order valence-electron chi connectivity index (χ3n) is 2.77. The van der Waals surface area contributed by atoms with Crippen LogP contribution in [0.5, 0.6) is 11.5 Å². The predicted molar refractivity (Wildman–Crippen MR) is 76.1 cm³/mol. The number of rotatable bonds is 5. The van der Waals surface area contributed by atoms with Gasteiger partial charge in [-0.3, -0.25) is 4.79 Å². The van der Waals surface area contributed by atoms with E-state index in [0.29, 0.717) is 11.6 Å². The standard InChI is InChI=1S/C15H16N2O3/c1-19-12-7-5-11(6-8-12)10-14(18)17-15-13(20-2)4-3-9-16-15/h3-9H,10H2,1-2H3,(H,16,17,18). The fraction of sp³-hybridized carbons (Fsp3) is 0.200. The molecule has 0 atom stereocenters. The van der Waals surface area contributed by atoms with Crippen molar-refractivity contribution in [2.75, 3.05) is 19.5 Å². The average Bonchev–Trinajstić information content (AvgIpc) is 2.48.